The summed E-state index contributed by atoms with van der Waals surface area (Å²) in [5, 5.41) is 2.74. The third-order valence-electron chi connectivity index (χ3n) is 5.03. The number of allylic oxidation sites excluding steroid dienone is 1. The van der Waals surface area contributed by atoms with E-state index < -0.39 is 8.32 Å². The summed E-state index contributed by atoms with van der Waals surface area (Å²) in [4.78, 5) is 0. The highest BCUT2D eigenvalue weighted by Crippen LogP contribution is 2.37. The molecule has 0 unspecified atom stereocenters. The van der Waals surface area contributed by atoms with Crippen LogP contribution in [-0.2, 0) is 4.43 Å². The van der Waals surface area contributed by atoms with E-state index in [1.807, 2.05) is 6.08 Å². The third-order valence-corrected chi connectivity index (χ3v) is 10.0. The number of rotatable bonds is 8. The van der Waals surface area contributed by atoms with Gasteiger partial charge in [0.1, 0.15) is 0 Å². The third kappa shape index (κ3) is 4.31. The lowest BCUT2D eigenvalue weighted by molar-refractivity contribution is 0.232. The van der Waals surface area contributed by atoms with Gasteiger partial charge in [0.05, 0.1) is 0 Å². The minimum absolute atomic E-state index is 0.0438. The van der Waals surface area contributed by atoms with E-state index >= 15 is 0 Å². The van der Waals surface area contributed by atoms with Crippen molar-refractivity contribution in [2.24, 2.45) is 5.92 Å². The summed E-state index contributed by atoms with van der Waals surface area (Å²) in [5.74, 6) is 0.527. The van der Waals surface area contributed by atoms with Gasteiger partial charge in [-0.1, -0.05) is 101 Å². The molecule has 0 saturated heterocycles. The van der Waals surface area contributed by atoms with Crippen LogP contribution >= 0.6 is 0 Å². The number of hydrogen-bond donors (Lipinski definition) is 0. The molecule has 2 aromatic carbocycles. The molecule has 25 heavy (non-hydrogen) atoms. The Morgan fingerprint density at radius 1 is 0.960 bits per heavy atom. The maximum atomic E-state index is 6.96. The summed E-state index contributed by atoms with van der Waals surface area (Å²) in [6.45, 7) is 13.9. The van der Waals surface area contributed by atoms with Crippen LogP contribution in [0.25, 0.3) is 0 Å². The van der Waals surface area contributed by atoms with Gasteiger partial charge in [0.15, 0.2) is 0 Å². The van der Waals surface area contributed by atoms with Crippen LogP contribution in [0.4, 0.5) is 0 Å². The van der Waals surface area contributed by atoms with Crippen molar-refractivity contribution in [3.63, 3.8) is 0 Å². The predicted octanol–water partition coefficient (Wildman–Crippen LogP) is 5.17. The first-order valence-corrected chi connectivity index (χ1v) is 11.2. The number of benzene rings is 2. The first-order chi connectivity index (χ1) is 12.0. The molecular formula is C23H32OSi. The summed E-state index contributed by atoms with van der Waals surface area (Å²) < 4.78 is 6.96. The SMILES string of the molecule is C=CC[C@@H](CC)CO[Si](c1ccccc1)(c1ccccc1)C(C)(C)C. The molecule has 0 aromatic heterocycles. The van der Waals surface area contributed by atoms with Crippen LogP contribution in [0, 0.1) is 5.92 Å². The Kier molecular flexibility index (Phi) is 6.80. The van der Waals surface area contributed by atoms with Crippen molar-refractivity contribution in [1.82, 2.24) is 0 Å². The Labute approximate surface area is 154 Å². The summed E-state index contributed by atoms with van der Waals surface area (Å²) in [6, 6.07) is 21.7. The van der Waals surface area contributed by atoms with Gasteiger partial charge in [-0.05, 0) is 27.8 Å². The maximum absolute atomic E-state index is 6.96. The van der Waals surface area contributed by atoms with Crippen molar-refractivity contribution in [2.75, 3.05) is 6.61 Å². The van der Waals surface area contributed by atoms with Crippen LogP contribution in [0.3, 0.4) is 0 Å². The molecule has 0 aliphatic carbocycles. The molecule has 2 aromatic rings. The topological polar surface area (TPSA) is 9.23 Å². The molecule has 0 bridgehead atoms. The molecule has 2 heteroatoms. The van der Waals surface area contributed by atoms with E-state index in [1.165, 1.54) is 10.4 Å². The van der Waals surface area contributed by atoms with Crippen LogP contribution < -0.4 is 10.4 Å². The fourth-order valence-electron chi connectivity index (χ4n) is 3.59. The van der Waals surface area contributed by atoms with Crippen molar-refractivity contribution in [3.05, 3.63) is 73.3 Å². The second-order valence-corrected chi connectivity index (χ2v) is 12.1. The van der Waals surface area contributed by atoms with Crippen LogP contribution in [0.1, 0.15) is 40.5 Å². The molecule has 0 N–H and O–H groups in total. The van der Waals surface area contributed by atoms with Crippen molar-refractivity contribution in [1.29, 1.82) is 0 Å². The second kappa shape index (κ2) is 8.64. The molecule has 0 heterocycles. The second-order valence-electron chi connectivity index (χ2n) is 7.77. The van der Waals surface area contributed by atoms with E-state index in [0.29, 0.717) is 5.92 Å². The van der Waals surface area contributed by atoms with E-state index in [9.17, 15) is 0 Å². The summed E-state index contributed by atoms with van der Waals surface area (Å²) in [5.41, 5.74) is 0. The molecule has 0 aliphatic rings. The van der Waals surface area contributed by atoms with Crippen molar-refractivity contribution >= 4 is 18.7 Å². The maximum Gasteiger partial charge on any atom is 0.261 e. The quantitative estimate of drug-likeness (QED) is 0.471. The van der Waals surface area contributed by atoms with Gasteiger partial charge in [-0.25, -0.2) is 0 Å². The van der Waals surface area contributed by atoms with Gasteiger partial charge < -0.3 is 4.43 Å². The average molecular weight is 353 g/mol. The largest absolute Gasteiger partial charge is 0.407 e. The lowest BCUT2D eigenvalue weighted by Gasteiger charge is -2.43. The van der Waals surface area contributed by atoms with Crippen molar-refractivity contribution < 1.29 is 4.43 Å². The Hall–Kier alpha value is -1.64. The highest BCUT2D eigenvalue weighted by atomic mass is 28.4. The van der Waals surface area contributed by atoms with Gasteiger partial charge in [-0.15, -0.1) is 6.58 Å². The van der Waals surface area contributed by atoms with Gasteiger partial charge in [0.25, 0.3) is 8.32 Å². The van der Waals surface area contributed by atoms with E-state index in [2.05, 4.69) is 94.9 Å². The van der Waals surface area contributed by atoms with Gasteiger partial charge >= 0.3 is 0 Å². The molecule has 0 amide bonds. The zero-order chi connectivity index (χ0) is 18.3. The van der Waals surface area contributed by atoms with Gasteiger partial charge in [-0.3, -0.25) is 0 Å². The van der Waals surface area contributed by atoms with E-state index in [4.69, 9.17) is 4.43 Å². The Morgan fingerprint density at radius 2 is 1.44 bits per heavy atom. The lowest BCUT2D eigenvalue weighted by Crippen LogP contribution is -2.66. The van der Waals surface area contributed by atoms with Crippen LogP contribution in [0.2, 0.25) is 5.04 Å². The van der Waals surface area contributed by atoms with Crippen molar-refractivity contribution in [2.45, 2.75) is 45.6 Å². The van der Waals surface area contributed by atoms with Gasteiger partial charge in [0.2, 0.25) is 0 Å². The number of hydrogen-bond acceptors (Lipinski definition) is 1. The smallest absolute Gasteiger partial charge is 0.261 e. The molecular weight excluding hydrogens is 320 g/mol. The van der Waals surface area contributed by atoms with Crippen molar-refractivity contribution in [3.8, 4) is 0 Å². The van der Waals surface area contributed by atoms with Crippen LogP contribution in [0.15, 0.2) is 73.3 Å². The molecule has 0 radical (unpaired) electrons. The Morgan fingerprint density at radius 3 is 1.80 bits per heavy atom. The first-order valence-electron chi connectivity index (χ1n) is 9.31. The lowest BCUT2D eigenvalue weighted by atomic mass is 10.0. The summed E-state index contributed by atoms with van der Waals surface area (Å²) in [7, 11) is -2.39. The van der Waals surface area contributed by atoms with E-state index in [1.54, 1.807) is 0 Å². The minimum Gasteiger partial charge on any atom is -0.407 e. The molecule has 1 nitrogen and oxygen atoms in total. The standard InChI is InChI=1S/C23H32OSi/c1-6-14-20(7-2)19-24-25(23(3,4)5,21-15-10-8-11-16-21)22-17-12-9-13-18-22/h6,8-13,15-18,20H,1,7,14,19H2,2-5H3/t20-/m1/s1. The van der Waals surface area contributed by atoms with E-state index in [-0.39, 0.29) is 5.04 Å². The molecule has 0 aliphatic heterocycles. The fourth-order valence-corrected chi connectivity index (χ4v) is 8.23. The van der Waals surface area contributed by atoms with Gasteiger partial charge in [0, 0.05) is 6.61 Å². The monoisotopic (exact) mass is 352 g/mol. The Balaban J connectivity index is 2.54. The molecule has 0 saturated carbocycles. The zero-order valence-electron chi connectivity index (χ0n) is 16.2. The van der Waals surface area contributed by atoms with Crippen LogP contribution in [0.5, 0.6) is 0 Å². The normalized spacial score (nSPS) is 13.4. The fraction of sp³-hybridized carbons (Fsp3) is 0.391. The molecule has 2 rings (SSSR count). The Bertz CT molecular complexity index is 603. The molecule has 0 spiro atoms. The highest BCUT2D eigenvalue weighted by Gasteiger charge is 2.50. The minimum atomic E-state index is -2.39. The zero-order valence-corrected chi connectivity index (χ0v) is 17.2. The molecule has 134 valence electrons. The predicted molar refractivity (Wildman–Crippen MR) is 112 cm³/mol. The molecule has 1 atom stereocenters. The first kappa shape index (κ1) is 19.7. The average Bonchev–Trinajstić information content (AvgIpc) is 2.62. The molecule has 0 fully saturated rings. The summed E-state index contributed by atoms with van der Waals surface area (Å²) >= 11 is 0. The van der Waals surface area contributed by atoms with Crippen LogP contribution in [-0.4, -0.2) is 14.9 Å². The van der Waals surface area contributed by atoms with Gasteiger partial charge in [-0.2, -0.15) is 0 Å². The summed E-state index contributed by atoms with van der Waals surface area (Å²) in [6.07, 6.45) is 4.14. The van der Waals surface area contributed by atoms with E-state index in [0.717, 1.165) is 19.4 Å². The highest BCUT2D eigenvalue weighted by molar-refractivity contribution is 6.99.